The Labute approximate surface area is 160 Å². The topological polar surface area (TPSA) is 60.9 Å². The molecule has 1 saturated heterocycles. The average Bonchev–Trinajstić information content (AvgIpc) is 3.30. The van der Waals surface area contributed by atoms with Crippen LogP contribution in [0.15, 0.2) is 36.4 Å². The van der Waals surface area contributed by atoms with Gasteiger partial charge in [-0.15, -0.1) is 0 Å². The largest absolute Gasteiger partial charge is 0.481 e. The first-order valence-electron chi connectivity index (χ1n) is 10.1. The monoisotopic (exact) mass is 368 g/mol. The number of rotatable bonds is 5. The van der Waals surface area contributed by atoms with Crippen molar-refractivity contribution in [3.63, 3.8) is 0 Å². The Morgan fingerprint density at radius 2 is 1.67 bits per heavy atom. The summed E-state index contributed by atoms with van der Waals surface area (Å²) in [4.78, 5) is 29.0. The predicted octanol–water partition coefficient (Wildman–Crippen LogP) is 2.59. The van der Waals surface area contributed by atoms with Gasteiger partial charge in [0.15, 0.2) is 0 Å². The van der Waals surface area contributed by atoms with E-state index in [1.165, 1.54) is 5.56 Å². The van der Waals surface area contributed by atoms with Gasteiger partial charge in [-0.25, -0.2) is 0 Å². The molecule has 1 N–H and O–H groups in total. The number of carbonyl (C=O) groups is 2. The zero-order chi connectivity index (χ0) is 18.8. The van der Waals surface area contributed by atoms with Crippen LogP contribution in [0.1, 0.15) is 24.8 Å². The molecule has 4 atom stereocenters. The van der Waals surface area contributed by atoms with Crippen LogP contribution in [0.25, 0.3) is 6.08 Å². The van der Waals surface area contributed by atoms with Crippen molar-refractivity contribution < 1.29 is 14.7 Å². The average molecular weight is 368 g/mol. The molecule has 0 aromatic heterocycles. The molecule has 3 fully saturated rings. The van der Waals surface area contributed by atoms with Gasteiger partial charge < -0.3 is 10.0 Å². The molecular formula is C22H28N2O3. The molecule has 1 aromatic carbocycles. The molecular weight excluding hydrogens is 340 g/mol. The molecule has 1 heterocycles. The minimum absolute atomic E-state index is 0.0917. The highest BCUT2D eigenvalue weighted by molar-refractivity contribution is 5.86. The van der Waals surface area contributed by atoms with Gasteiger partial charge in [0.05, 0.1) is 11.8 Å². The van der Waals surface area contributed by atoms with Gasteiger partial charge in [-0.05, 0) is 36.7 Å². The molecule has 0 spiro atoms. The predicted molar refractivity (Wildman–Crippen MR) is 104 cm³/mol. The van der Waals surface area contributed by atoms with Crippen LogP contribution < -0.4 is 0 Å². The van der Waals surface area contributed by atoms with E-state index in [1.54, 1.807) is 0 Å². The minimum atomic E-state index is -0.773. The molecule has 5 nitrogen and oxygen atoms in total. The third kappa shape index (κ3) is 3.79. The van der Waals surface area contributed by atoms with E-state index in [4.69, 9.17) is 0 Å². The quantitative estimate of drug-likeness (QED) is 0.868. The maximum absolute atomic E-state index is 13.0. The van der Waals surface area contributed by atoms with Gasteiger partial charge in [0, 0.05) is 32.7 Å². The van der Waals surface area contributed by atoms with E-state index in [-0.39, 0.29) is 23.7 Å². The van der Waals surface area contributed by atoms with Gasteiger partial charge in [0.2, 0.25) is 5.91 Å². The highest BCUT2D eigenvalue weighted by Gasteiger charge is 2.54. The zero-order valence-electron chi connectivity index (χ0n) is 15.7. The summed E-state index contributed by atoms with van der Waals surface area (Å²) in [7, 11) is 0. The van der Waals surface area contributed by atoms with Crippen molar-refractivity contribution in [3.8, 4) is 0 Å². The van der Waals surface area contributed by atoms with Gasteiger partial charge in [-0.1, -0.05) is 42.5 Å². The summed E-state index contributed by atoms with van der Waals surface area (Å²) in [6, 6.07) is 10.2. The number of benzene rings is 1. The van der Waals surface area contributed by atoms with E-state index in [0.717, 1.165) is 38.9 Å². The SMILES string of the molecule is O=C(O)C1C2CCC(C2)C1C(=O)N1CCN(C/C=C/c2ccccc2)CC1. The smallest absolute Gasteiger partial charge is 0.307 e. The number of amides is 1. The summed E-state index contributed by atoms with van der Waals surface area (Å²) in [5.41, 5.74) is 1.20. The third-order valence-electron chi connectivity index (χ3n) is 6.64. The molecule has 5 heteroatoms. The first-order valence-corrected chi connectivity index (χ1v) is 10.1. The number of carboxylic acids is 1. The van der Waals surface area contributed by atoms with E-state index in [1.807, 2.05) is 23.1 Å². The Morgan fingerprint density at radius 3 is 2.33 bits per heavy atom. The first-order chi connectivity index (χ1) is 13.1. The van der Waals surface area contributed by atoms with Crippen molar-refractivity contribution in [3.05, 3.63) is 42.0 Å². The zero-order valence-corrected chi connectivity index (χ0v) is 15.7. The van der Waals surface area contributed by atoms with Gasteiger partial charge in [0.1, 0.15) is 0 Å². The molecule has 4 unspecified atom stereocenters. The van der Waals surface area contributed by atoms with Crippen LogP contribution in [-0.4, -0.2) is 59.5 Å². The molecule has 1 aliphatic heterocycles. The van der Waals surface area contributed by atoms with Crippen LogP contribution >= 0.6 is 0 Å². The molecule has 1 amide bonds. The van der Waals surface area contributed by atoms with E-state index in [0.29, 0.717) is 13.1 Å². The molecule has 2 saturated carbocycles. The Balaban J connectivity index is 1.29. The Kier molecular flexibility index (Phi) is 5.30. The van der Waals surface area contributed by atoms with Crippen LogP contribution in [-0.2, 0) is 9.59 Å². The summed E-state index contributed by atoms with van der Waals surface area (Å²) in [6.45, 7) is 3.99. The number of nitrogens with zero attached hydrogens (tertiary/aromatic N) is 2. The van der Waals surface area contributed by atoms with E-state index < -0.39 is 11.9 Å². The van der Waals surface area contributed by atoms with Crippen LogP contribution in [0, 0.1) is 23.7 Å². The normalized spacial score (nSPS) is 30.9. The first kappa shape index (κ1) is 18.2. The third-order valence-corrected chi connectivity index (χ3v) is 6.64. The van der Waals surface area contributed by atoms with Crippen molar-refractivity contribution in [2.24, 2.45) is 23.7 Å². The highest BCUT2D eigenvalue weighted by atomic mass is 16.4. The molecule has 4 rings (SSSR count). The number of carboxylic acid groups (broad SMARTS) is 1. The summed E-state index contributed by atoms with van der Waals surface area (Å²) in [6.07, 6.45) is 7.23. The highest BCUT2D eigenvalue weighted by Crippen LogP contribution is 2.53. The standard InChI is InChI=1S/C22H28N2O3/c25-21(19-17-8-9-18(15-17)20(19)22(26)27)24-13-11-23(12-14-24)10-4-7-16-5-2-1-3-6-16/h1-7,17-20H,8-15H2,(H,26,27)/b7-4+. The lowest BCUT2D eigenvalue weighted by atomic mass is 9.78. The van der Waals surface area contributed by atoms with Gasteiger partial charge in [-0.2, -0.15) is 0 Å². The Morgan fingerprint density at radius 1 is 1.00 bits per heavy atom. The maximum Gasteiger partial charge on any atom is 0.307 e. The van der Waals surface area contributed by atoms with Gasteiger partial charge in [0.25, 0.3) is 0 Å². The van der Waals surface area contributed by atoms with Crippen LogP contribution in [0.5, 0.6) is 0 Å². The molecule has 2 aliphatic carbocycles. The van der Waals surface area contributed by atoms with Crippen molar-refractivity contribution in [1.29, 1.82) is 0 Å². The van der Waals surface area contributed by atoms with Crippen LogP contribution in [0.3, 0.4) is 0 Å². The summed E-state index contributed by atoms with van der Waals surface area (Å²) >= 11 is 0. The molecule has 3 aliphatic rings. The number of carbonyl (C=O) groups excluding carboxylic acids is 1. The lowest BCUT2D eigenvalue weighted by molar-refractivity contribution is -0.153. The number of hydrogen-bond donors (Lipinski definition) is 1. The fraction of sp³-hybridized carbons (Fsp3) is 0.545. The summed E-state index contributed by atoms with van der Waals surface area (Å²) in [5, 5.41) is 9.60. The Hall–Kier alpha value is -2.14. The fourth-order valence-corrected chi connectivity index (χ4v) is 5.27. The molecule has 144 valence electrons. The summed E-state index contributed by atoms with van der Waals surface area (Å²) < 4.78 is 0. The van der Waals surface area contributed by atoms with Gasteiger partial charge >= 0.3 is 5.97 Å². The van der Waals surface area contributed by atoms with Crippen molar-refractivity contribution in [1.82, 2.24) is 9.80 Å². The van der Waals surface area contributed by atoms with Crippen LogP contribution in [0.4, 0.5) is 0 Å². The number of fused-ring (bicyclic) bond motifs is 2. The van der Waals surface area contributed by atoms with Crippen molar-refractivity contribution >= 4 is 18.0 Å². The lowest BCUT2D eigenvalue weighted by Crippen LogP contribution is -2.52. The van der Waals surface area contributed by atoms with E-state index in [9.17, 15) is 14.7 Å². The molecule has 27 heavy (non-hydrogen) atoms. The van der Waals surface area contributed by atoms with E-state index in [2.05, 4.69) is 29.2 Å². The van der Waals surface area contributed by atoms with Crippen molar-refractivity contribution in [2.45, 2.75) is 19.3 Å². The maximum atomic E-state index is 13.0. The second kappa shape index (κ2) is 7.85. The lowest BCUT2D eigenvalue weighted by Gasteiger charge is -2.38. The molecule has 1 aromatic rings. The number of piperazine rings is 1. The second-order valence-electron chi connectivity index (χ2n) is 8.16. The minimum Gasteiger partial charge on any atom is -0.481 e. The fourth-order valence-electron chi connectivity index (χ4n) is 5.27. The second-order valence-corrected chi connectivity index (χ2v) is 8.16. The van der Waals surface area contributed by atoms with Gasteiger partial charge in [-0.3, -0.25) is 14.5 Å². The number of hydrogen-bond acceptors (Lipinski definition) is 3. The van der Waals surface area contributed by atoms with E-state index >= 15 is 0 Å². The number of aliphatic carboxylic acids is 1. The molecule has 2 bridgehead atoms. The molecule has 0 radical (unpaired) electrons. The van der Waals surface area contributed by atoms with Crippen molar-refractivity contribution in [2.75, 3.05) is 32.7 Å². The Bertz CT molecular complexity index is 710. The van der Waals surface area contributed by atoms with Crippen LogP contribution in [0.2, 0.25) is 0 Å². The summed E-state index contributed by atoms with van der Waals surface area (Å²) in [5.74, 6) is -0.922.